The highest BCUT2D eigenvalue weighted by Crippen LogP contribution is 2.39. The van der Waals surface area contributed by atoms with E-state index in [1.54, 1.807) is 36.7 Å². The number of fused-ring (bicyclic) bond motifs is 3. The van der Waals surface area contributed by atoms with E-state index >= 15 is 0 Å². The van der Waals surface area contributed by atoms with Gasteiger partial charge in [0.15, 0.2) is 5.78 Å². The van der Waals surface area contributed by atoms with E-state index in [0.717, 1.165) is 45.2 Å². The van der Waals surface area contributed by atoms with Gasteiger partial charge in [-0.1, -0.05) is 11.8 Å². The number of thioether (sulfide) groups is 1. The van der Waals surface area contributed by atoms with E-state index in [0.29, 0.717) is 23.5 Å². The molecule has 180 valence electrons. The third kappa shape index (κ3) is 4.52. The molecule has 1 aromatic carbocycles. The lowest BCUT2D eigenvalue weighted by Gasteiger charge is -2.11. The van der Waals surface area contributed by atoms with Crippen LogP contribution in [0.25, 0.3) is 15.9 Å². The number of Topliss-reactive ketones (excluding diaryl/α,β-unsaturated/α-hetero) is 1. The predicted octanol–water partition coefficient (Wildman–Crippen LogP) is 6.13. The van der Waals surface area contributed by atoms with E-state index in [1.165, 1.54) is 35.0 Å². The number of rotatable bonds is 7. The molecule has 5 rings (SSSR count). The summed E-state index contributed by atoms with van der Waals surface area (Å²) in [5.41, 5.74) is 5.37. The number of nitrogens with zero attached hydrogens (tertiary/aromatic N) is 3. The number of aromatic nitrogens is 3. The standard InChI is InChI=1S/C27H27N3O3S2/c1-4-33-27(32)18-9-11-19(12-10-18)30-16(2)13-21(17(30)3)22(31)14-34-25-24-20-7-5-6-8-23(20)35-26(24)29-15-28-25/h9-13,15H,4-8,14H2,1-3H3. The van der Waals surface area contributed by atoms with Crippen LogP contribution >= 0.6 is 23.1 Å². The SMILES string of the molecule is CCOC(=O)c1ccc(-n2c(C)cc(C(=O)CSc3ncnc4sc5c(c34)CCCC5)c2C)cc1. The first-order chi connectivity index (χ1) is 17.0. The van der Waals surface area contributed by atoms with Crippen molar-refractivity contribution in [2.45, 2.75) is 51.5 Å². The summed E-state index contributed by atoms with van der Waals surface area (Å²) >= 11 is 3.28. The molecule has 0 atom stereocenters. The van der Waals surface area contributed by atoms with Gasteiger partial charge in [-0.05, 0) is 82.3 Å². The third-order valence-electron chi connectivity index (χ3n) is 6.42. The molecule has 4 aromatic rings. The van der Waals surface area contributed by atoms with Crippen LogP contribution in [0.3, 0.4) is 0 Å². The molecule has 8 heteroatoms. The van der Waals surface area contributed by atoms with Crippen LogP contribution < -0.4 is 0 Å². The fourth-order valence-electron chi connectivity index (χ4n) is 4.79. The first kappa shape index (κ1) is 23.8. The van der Waals surface area contributed by atoms with Crippen molar-refractivity contribution in [3.63, 3.8) is 0 Å². The number of benzene rings is 1. The fraction of sp³-hybridized carbons (Fsp3) is 0.333. The molecule has 3 heterocycles. The number of thiophene rings is 1. The number of carbonyl (C=O) groups is 2. The summed E-state index contributed by atoms with van der Waals surface area (Å²) in [6.07, 6.45) is 6.23. The zero-order chi connectivity index (χ0) is 24.5. The number of carbonyl (C=O) groups excluding carboxylic acids is 2. The zero-order valence-electron chi connectivity index (χ0n) is 20.1. The fourth-order valence-corrected chi connectivity index (χ4v) is 6.99. The summed E-state index contributed by atoms with van der Waals surface area (Å²) in [5.74, 6) is 0.0648. The molecule has 0 aliphatic heterocycles. The quantitative estimate of drug-likeness (QED) is 0.130. The third-order valence-corrected chi connectivity index (χ3v) is 8.61. The average Bonchev–Trinajstić information content (AvgIpc) is 3.39. The van der Waals surface area contributed by atoms with Crippen LogP contribution in [0, 0.1) is 13.8 Å². The Labute approximate surface area is 212 Å². The Morgan fingerprint density at radius 2 is 1.89 bits per heavy atom. The zero-order valence-corrected chi connectivity index (χ0v) is 21.7. The summed E-state index contributed by atoms with van der Waals surface area (Å²) in [5, 5.41) is 2.06. The minimum atomic E-state index is -0.335. The van der Waals surface area contributed by atoms with Crippen molar-refractivity contribution in [3.05, 3.63) is 69.6 Å². The van der Waals surface area contributed by atoms with Gasteiger partial charge in [0.2, 0.25) is 0 Å². The van der Waals surface area contributed by atoms with Gasteiger partial charge in [-0.2, -0.15) is 0 Å². The Morgan fingerprint density at radius 1 is 1.11 bits per heavy atom. The molecule has 1 aliphatic carbocycles. The lowest BCUT2D eigenvalue weighted by molar-refractivity contribution is 0.0526. The highest BCUT2D eigenvalue weighted by atomic mass is 32.2. The highest BCUT2D eigenvalue weighted by Gasteiger charge is 2.22. The number of aryl methyl sites for hydroxylation is 3. The van der Waals surface area contributed by atoms with E-state index in [4.69, 9.17) is 4.74 Å². The van der Waals surface area contributed by atoms with Crippen molar-refractivity contribution in [1.82, 2.24) is 14.5 Å². The number of esters is 1. The van der Waals surface area contributed by atoms with Crippen LogP contribution in [0.1, 0.15) is 62.3 Å². The lowest BCUT2D eigenvalue weighted by atomic mass is 9.97. The van der Waals surface area contributed by atoms with Crippen LogP contribution in [-0.4, -0.2) is 38.6 Å². The maximum atomic E-state index is 13.3. The highest BCUT2D eigenvalue weighted by molar-refractivity contribution is 8.00. The smallest absolute Gasteiger partial charge is 0.338 e. The molecule has 0 amide bonds. The molecule has 0 radical (unpaired) electrons. The molecule has 0 saturated carbocycles. The van der Waals surface area contributed by atoms with E-state index in [1.807, 2.05) is 36.6 Å². The van der Waals surface area contributed by atoms with Crippen molar-refractivity contribution in [2.24, 2.45) is 0 Å². The van der Waals surface area contributed by atoms with Crippen molar-refractivity contribution < 1.29 is 14.3 Å². The summed E-state index contributed by atoms with van der Waals surface area (Å²) in [6.45, 7) is 6.08. The average molecular weight is 506 g/mol. The first-order valence-electron chi connectivity index (χ1n) is 11.9. The second-order valence-corrected chi connectivity index (χ2v) is 10.7. The summed E-state index contributed by atoms with van der Waals surface area (Å²) in [6, 6.07) is 9.22. The number of hydrogen-bond donors (Lipinski definition) is 0. The van der Waals surface area contributed by atoms with Crippen LogP contribution in [0.2, 0.25) is 0 Å². The Kier molecular flexibility index (Phi) is 6.75. The van der Waals surface area contributed by atoms with Gasteiger partial charge in [0, 0.05) is 32.9 Å². The Morgan fingerprint density at radius 3 is 2.66 bits per heavy atom. The van der Waals surface area contributed by atoms with Gasteiger partial charge in [0.1, 0.15) is 16.2 Å². The molecular weight excluding hydrogens is 478 g/mol. The van der Waals surface area contributed by atoms with Gasteiger partial charge in [-0.25, -0.2) is 14.8 Å². The second-order valence-electron chi connectivity index (χ2n) is 8.67. The maximum absolute atomic E-state index is 13.3. The van der Waals surface area contributed by atoms with Gasteiger partial charge in [-0.3, -0.25) is 4.79 Å². The van der Waals surface area contributed by atoms with Gasteiger partial charge in [0.25, 0.3) is 0 Å². The minimum Gasteiger partial charge on any atom is -0.462 e. The van der Waals surface area contributed by atoms with Gasteiger partial charge < -0.3 is 9.30 Å². The van der Waals surface area contributed by atoms with Crippen molar-refractivity contribution in [3.8, 4) is 5.69 Å². The molecule has 0 bridgehead atoms. The van der Waals surface area contributed by atoms with Crippen LogP contribution in [-0.2, 0) is 17.6 Å². The van der Waals surface area contributed by atoms with Gasteiger partial charge >= 0.3 is 5.97 Å². The molecule has 35 heavy (non-hydrogen) atoms. The summed E-state index contributed by atoms with van der Waals surface area (Å²) in [4.78, 5) is 36.8. The number of ether oxygens (including phenoxy) is 1. The molecule has 0 spiro atoms. The summed E-state index contributed by atoms with van der Waals surface area (Å²) < 4.78 is 7.12. The molecule has 3 aromatic heterocycles. The number of hydrogen-bond acceptors (Lipinski definition) is 7. The largest absolute Gasteiger partial charge is 0.462 e. The van der Waals surface area contributed by atoms with Crippen LogP contribution in [0.15, 0.2) is 41.7 Å². The normalized spacial score (nSPS) is 13.1. The molecule has 6 nitrogen and oxygen atoms in total. The monoisotopic (exact) mass is 505 g/mol. The van der Waals surface area contributed by atoms with Crippen LogP contribution in [0.5, 0.6) is 0 Å². The molecule has 0 saturated heterocycles. The Bertz CT molecular complexity index is 1420. The molecular formula is C27H27N3O3S2. The summed E-state index contributed by atoms with van der Waals surface area (Å²) in [7, 11) is 0. The lowest BCUT2D eigenvalue weighted by Crippen LogP contribution is -2.07. The Hall–Kier alpha value is -2.97. The topological polar surface area (TPSA) is 74.1 Å². The molecule has 0 fully saturated rings. The van der Waals surface area contributed by atoms with Crippen molar-refractivity contribution in [2.75, 3.05) is 12.4 Å². The van der Waals surface area contributed by atoms with Crippen molar-refractivity contribution >= 4 is 45.1 Å². The minimum absolute atomic E-state index is 0.0772. The van der Waals surface area contributed by atoms with E-state index in [2.05, 4.69) is 9.97 Å². The Balaban J connectivity index is 1.37. The molecule has 0 unspecified atom stereocenters. The number of ketones is 1. The van der Waals surface area contributed by atoms with Gasteiger partial charge in [-0.15, -0.1) is 11.3 Å². The van der Waals surface area contributed by atoms with Gasteiger partial charge in [0.05, 0.1) is 17.9 Å². The molecule has 0 N–H and O–H groups in total. The van der Waals surface area contributed by atoms with Crippen LogP contribution in [0.4, 0.5) is 0 Å². The van der Waals surface area contributed by atoms with E-state index < -0.39 is 0 Å². The van der Waals surface area contributed by atoms with E-state index in [9.17, 15) is 9.59 Å². The van der Waals surface area contributed by atoms with Crippen molar-refractivity contribution in [1.29, 1.82) is 0 Å². The predicted molar refractivity (Wildman–Crippen MR) is 140 cm³/mol. The maximum Gasteiger partial charge on any atom is 0.338 e. The van der Waals surface area contributed by atoms with E-state index in [-0.39, 0.29) is 11.8 Å². The first-order valence-corrected chi connectivity index (χ1v) is 13.7. The second kappa shape index (κ2) is 9.95. The molecule has 1 aliphatic rings.